The van der Waals surface area contributed by atoms with Crippen molar-refractivity contribution in [3.05, 3.63) is 53.6 Å². The highest BCUT2D eigenvalue weighted by molar-refractivity contribution is 5.76. The minimum atomic E-state index is -0.494. The third kappa shape index (κ3) is 2.26. The molecule has 5 heteroatoms. The van der Waals surface area contributed by atoms with Gasteiger partial charge in [0.2, 0.25) is 0 Å². The van der Waals surface area contributed by atoms with Gasteiger partial charge in [0.1, 0.15) is 23.5 Å². The number of ether oxygens (including phenoxy) is 2. The Morgan fingerprint density at radius 1 is 1.22 bits per heavy atom. The van der Waals surface area contributed by atoms with Gasteiger partial charge in [0, 0.05) is 11.5 Å². The average Bonchev–Trinajstić information content (AvgIpc) is 3.26. The van der Waals surface area contributed by atoms with Crippen molar-refractivity contribution in [2.45, 2.75) is 37.3 Å². The maximum atomic E-state index is 9.21. The molecule has 1 saturated carbocycles. The first-order valence-electron chi connectivity index (χ1n) is 9.36. The molecule has 27 heavy (non-hydrogen) atoms. The number of benzene rings is 2. The zero-order valence-corrected chi connectivity index (χ0v) is 15.2. The lowest BCUT2D eigenvalue weighted by molar-refractivity contribution is -0.0210. The Morgan fingerprint density at radius 3 is 2.85 bits per heavy atom. The van der Waals surface area contributed by atoms with Crippen LogP contribution in [0, 0.1) is 17.2 Å². The molecular weight excluding hydrogens is 338 g/mol. The van der Waals surface area contributed by atoms with Gasteiger partial charge in [0.25, 0.3) is 6.02 Å². The van der Waals surface area contributed by atoms with Crippen molar-refractivity contribution >= 4 is 6.02 Å². The molecule has 2 aliphatic heterocycles. The summed E-state index contributed by atoms with van der Waals surface area (Å²) < 4.78 is 12.2. The van der Waals surface area contributed by atoms with Gasteiger partial charge in [-0.05, 0) is 61.6 Å². The van der Waals surface area contributed by atoms with Crippen LogP contribution in [0.5, 0.6) is 5.75 Å². The number of nitrogens with zero attached hydrogens (tertiary/aromatic N) is 2. The summed E-state index contributed by atoms with van der Waals surface area (Å²) in [6, 6.07) is 16.3. The normalized spacial score (nSPS) is 30.7. The molecule has 0 amide bonds. The zero-order valence-electron chi connectivity index (χ0n) is 15.2. The maximum Gasteiger partial charge on any atom is 0.283 e. The number of amidine groups is 1. The molecule has 2 aromatic carbocycles. The molecule has 3 atom stereocenters. The van der Waals surface area contributed by atoms with Crippen LogP contribution < -0.4 is 10.5 Å². The molecule has 0 saturated heterocycles. The molecule has 0 aromatic heterocycles. The Balaban J connectivity index is 1.69. The highest BCUT2D eigenvalue weighted by atomic mass is 16.5. The Morgan fingerprint density at radius 2 is 2.07 bits per heavy atom. The Hall–Kier alpha value is -3.00. The average molecular weight is 359 g/mol. The van der Waals surface area contributed by atoms with E-state index in [-0.39, 0.29) is 17.5 Å². The van der Waals surface area contributed by atoms with E-state index in [9.17, 15) is 5.26 Å². The fraction of sp³-hybridized carbons (Fsp3) is 0.364. The number of nitriles is 1. The summed E-state index contributed by atoms with van der Waals surface area (Å²) >= 11 is 0. The van der Waals surface area contributed by atoms with Crippen LogP contribution in [0.15, 0.2) is 47.5 Å². The highest BCUT2D eigenvalue weighted by Gasteiger charge is 2.60. The van der Waals surface area contributed by atoms with E-state index in [1.54, 1.807) is 0 Å². The minimum absolute atomic E-state index is 0.235. The Labute approximate surface area is 158 Å². The van der Waals surface area contributed by atoms with Gasteiger partial charge in [-0.3, -0.25) is 0 Å². The van der Waals surface area contributed by atoms with Gasteiger partial charge < -0.3 is 15.2 Å². The second kappa shape index (κ2) is 5.50. The lowest BCUT2D eigenvalue weighted by Gasteiger charge is -2.47. The molecule has 1 fully saturated rings. The van der Waals surface area contributed by atoms with Crippen LogP contribution in [0.3, 0.4) is 0 Å². The number of fused-ring (bicyclic) bond motifs is 4. The van der Waals surface area contributed by atoms with Crippen molar-refractivity contribution < 1.29 is 9.47 Å². The summed E-state index contributed by atoms with van der Waals surface area (Å²) in [5.74, 6) is 1.09. The van der Waals surface area contributed by atoms with Crippen LogP contribution in [0.2, 0.25) is 0 Å². The third-order valence-electron chi connectivity index (χ3n) is 6.34. The molecule has 136 valence electrons. The van der Waals surface area contributed by atoms with Crippen molar-refractivity contribution in [3.8, 4) is 22.9 Å². The lowest BCUT2D eigenvalue weighted by atomic mass is 9.69. The van der Waals surface area contributed by atoms with Crippen molar-refractivity contribution in [2.75, 3.05) is 6.61 Å². The summed E-state index contributed by atoms with van der Waals surface area (Å²) in [5, 5.41) is 9.21. The van der Waals surface area contributed by atoms with Crippen LogP contribution in [-0.4, -0.2) is 18.2 Å². The standard InChI is InChI=1S/C22H21N3O2/c1-21-9-3-6-19(21)22(13-26-20(24)25-22)17-11-16(7-8-18(17)27-21)15-5-2-4-14(10-15)12-23/h2,4-5,7-8,10-11,19H,3,6,9,13H2,1H3,(H2,24,25)/t19?,21-,22+/m0/s1. The van der Waals surface area contributed by atoms with Gasteiger partial charge in [-0.15, -0.1) is 0 Å². The third-order valence-corrected chi connectivity index (χ3v) is 6.34. The fourth-order valence-electron chi connectivity index (χ4n) is 5.11. The van der Waals surface area contributed by atoms with Gasteiger partial charge >= 0.3 is 0 Å². The van der Waals surface area contributed by atoms with Crippen LogP contribution in [0.4, 0.5) is 0 Å². The topological polar surface area (TPSA) is 80.6 Å². The zero-order chi connectivity index (χ0) is 18.6. The second-order valence-corrected chi connectivity index (χ2v) is 7.93. The summed E-state index contributed by atoms with van der Waals surface area (Å²) in [5.41, 5.74) is 8.94. The molecule has 2 heterocycles. The van der Waals surface area contributed by atoms with Crippen LogP contribution in [0.25, 0.3) is 11.1 Å². The molecule has 2 aromatic rings. The summed E-state index contributed by atoms with van der Waals surface area (Å²) in [7, 11) is 0. The van der Waals surface area contributed by atoms with Crippen LogP contribution >= 0.6 is 0 Å². The number of hydrogen-bond acceptors (Lipinski definition) is 5. The van der Waals surface area contributed by atoms with Crippen LogP contribution in [-0.2, 0) is 10.3 Å². The molecular formula is C22H21N3O2. The van der Waals surface area contributed by atoms with Gasteiger partial charge in [0.15, 0.2) is 0 Å². The first-order valence-corrected chi connectivity index (χ1v) is 9.36. The first-order chi connectivity index (χ1) is 13.0. The van der Waals surface area contributed by atoms with Gasteiger partial charge in [-0.25, -0.2) is 4.99 Å². The van der Waals surface area contributed by atoms with Crippen molar-refractivity contribution in [1.82, 2.24) is 0 Å². The largest absolute Gasteiger partial charge is 0.487 e. The number of aliphatic imine (C=N–C) groups is 1. The van der Waals surface area contributed by atoms with Gasteiger partial charge in [0.05, 0.1) is 11.6 Å². The summed E-state index contributed by atoms with van der Waals surface area (Å²) in [4.78, 5) is 4.82. The molecule has 1 unspecified atom stereocenters. The SMILES string of the molecule is C[C@]12CCCC1[C@@]1(COC(N)=N1)c1cc(-c3cccc(C#N)c3)ccc1O2. The monoisotopic (exact) mass is 359 g/mol. The van der Waals surface area contributed by atoms with E-state index in [1.807, 2.05) is 36.4 Å². The molecule has 5 rings (SSSR count). The molecule has 0 bridgehead atoms. The number of rotatable bonds is 1. The Kier molecular flexibility index (Phi) is 3.30. The summed E-state index contributed by atoms with van der Waals surface area (Å²) in [6.45, 7) is 2.64. The quantitative estimate of drug-likeness (QED) is 0.841. The van der Waals surface area contributed by atoms with Crippen molar-refractivity contribution in [1.29, 1.82) is 5.26 Å². The predicted molar refractivity (Wildman–Crippen MR) is 102 cm³/mol. The van der Waals surface area contributed by atoms with E-state index in [0.717, 1.165) is 41.7 Å². The van der Waals surface area contributed by atoms with E-state index >= 15 is 0 Å². The molecule has 3 aliphatic rings. The first kappa shape index (κ1) is 16.2. The van der Waals surface area contributed by atoms with Crippen molar-refractivity contribution in [3.63, 3.8) is 0 Å². The van der Waals surface area contributed by atoms with E-state index in [4.69, 9.17) is 20.2 Å². The molecule has 1 spiro atoms. The van der Waals surface area contributed by atoms with E-state index in [2.05, 4.69) is 19.1 Å². The second-order valence-electron chi connectivity index (χ2n) is 7.93. The molecule has 5 nitrogen and oxygen atoms in total. The molecule has 2 N–H and O–H groups in total. The number of nitrogens with two attached hydrogens (primary N) is 1. The highest BCUT2D eigenvalue weighted by Crippen LogP contribution is 2.58. The van der Waals surface area contributed by atoms with E-state index < -0.39 is 5.54 Å². The Bertz CT molecular complexity index is 1010. The maximum absolute atomic E-state index is 9.21. The lowest BCUT2D eigenvalue weighted by Crippen LogP contribution is -2.52. The van der Waals surface area contributed by atoms with Gasteiger partial charge in [-0.2, -0.15) is 5.26 Å². The molecule has 0 radical (unpaired) electrons. The fourth-order valence-corrected chi connectivity index (χ4v) is 5.11. The molecule has 1 aliphatic carbocycles. The smallest absolute Gasteiger partial charge is 0.283 e. The number of hydrogen-bond donors (Lipinski definition) is 1. The van der Waals surface area contributed by atoms with E-state index in [0.29, 0.717) is 12.2 Å². The van der Waals surface area contributed by atoms with Crippen LogP contribution in [0.1, 0.15) is 37.3 Å². The summed E-state index contributed by atoms with van der Waals surface area (Å²) in [6.07, 6.45) is 3.17. The predicted octanol–water partition coefficient (Wildman–Crippen LogP) is 3.72. The van der Waals surface area contributed by atoms with E-state index in [1.165, 1.54) is 0 Å². The van der Waals surface area contributed by atoms with Crippen molar-refractivity contribution in [2.24, 2.45) is 16.6 Å². The van der Waals surface area contributed by atoms with Gasteiger partial charge in [-0.1, -0.05) is 18.2 Å². The minimum Gasteiger partial charge on any atom is -0.487 e.